The lowest BCUT2D eigenvalue weighted by atomic mass is 10.1. The number of hydrogen-bond donors (Lipinski definition) is 1. The van der Waals surface area contributed by atoms with Crippen LogP contribution < -0.4 is 15.6 Å². The van der Waals surface area contributed by atoms with Gasteiger partial charge in [-0.2, -0.15) is 0 Å². The van der Waals surface area contributed by atoms with Crippen LogP contribution in [0, 0.1) is 11.6 Å². The van der Waals surface area contributed by atoms with Crippen molar-refractivity contribution in [3.05, 3.63) is 89.4 Å². The number of furan rings is 1. The van der Waals surface area contributed by atoms with Crippen LogP contribution >= 0.6 is 0 Å². The van der Waals surface area contributed by atoms with E-state index < -0.39 is 17.5 Å². The van der Waals surface area contributed by atoms with Crippen LogP contribution in [0.3, 0.4) is 0 Å². The Labute approximate surface area is 169 Å². The number of ether oxygens (including phenoxy) is 1. The number of halogens is 2. The number of nitrogens with zero attached hydrogens (tertiary/aromatic N) is 1. The Morgan fingerprint density at radius 3 is 2.70 bits per heavy atom. The number of para-hydroxylation sites is 1. The summed E-state index contributed by atoms with van der Waals surface area (Å²) in [5, 5.41) is 3.34. The molecule has 6 nitrogen and oxygen atoms in total. The molecule has 0 bridgehead atoms. The molecule has 0 fully saturated rings. The summed E-state index contributed by atoms with van der Waals surface area (Å²) >= 11 is 0. The maximum absolute atomic E-state index is 13.6. The minimum atomic E-state index is -1.06. The van der Waals surface area contributed by atoms with E-state index in [1.165, 1.54) is 19.4 Å². The molecule has 152 valence electrons. The largest absolute Gasteiger partial charge is 0.493 e. The summed E-state index contributed by atoms with van der Waals surface area (Å²) in [6, 6.07) is 13.4. The van der Waals surface area contributed by atoms with Crippen LogP contribution in [0.2, 0.25) is 0 Å². The average molecular weight is 410 g/mol. The molecule has 1 amide bonds. The first kappa shape index (κ1) is 19.4. The highest BCUT2D eigenvalue weighted by molar-refractivity contribution is 5.97. The van der Waals surface area contributed by atoms with E-state index in [1.54, 1.807) is 36.4 Å². The Morgan fingerprint density at radius 2 is 1.97 bits per heavy atom. The lowest BCUT2D eigenvalue weighted by Gasteiger charge is -2.08. The smallest absolute Gasteiger partial charge is 0.257 e. The van der Waals surface area contributed by atoms with Crippen molar-refractivity contribution >= 4 is 22.6 Å². The second-order valence-electron chi connectivity index (χ2n) is 6.32. The molecule has 8 heteroatoms. The van der Waals surface area contributed by atoms with E-state index in [-0.39, 0.29) is 23.3 Å². The molecule has 30 heavy (non-hydrogen) atoms. The van der Waals surface area contributed by atoms with Gasteiger partial charge >= 0.3 is 0 Å². The standard InChI is InChI=1S/C22H16F2N2O4/c1-28-19-6-2-4-13-10-16(21(27)25-12-15-5-3-9-29-15)22(30-20(13)19)26-14-7-8-17(23)18(24)11-14/h2-11H,12H2,1H3,(H,25,27). The van der Waals surface area contributed by atoms with Crippen LogP contribution in [0.25, 0.3) is 11.0 Å². The van der Waals surface area contributed by atoms with Gasteiger partial charge in [-0.15, -0.1) is 0 Å². The molecule has 0 atom stereocenters. The molecule has 2 aromatic heterocycles. The second kappa shape index (κ2) is 8.20. The van der Waals surface area contributed by atoms with Crippen LogP contribution in [0.4, 0.5) is 14.5 Å². The Morgan fingerprint density at radius 1 is 1.10 bits per heavy atom. The molecule has 4 rings (SSSR count). The SMILES string of the molecule is COc1cccc2cc(C(=O)NCc3ccco3)c(=Nc3ccc(F)c(F)c3)oc12. The fraction of sp³-hybridized carbons (Fsp3) is 0.0909. The Kier molecular flexibility index (Phi) is 5.30. The highest BCUT2D eigenvalue weighted by Crippen LogP contribution is 2.25. The molecule has 0 aliphatic heterocycles. The number of rotatable bonds is 5. The van der Waals surface area contributed by atoms with Gasteiger partial charge in [-0.25, -0.2) is 13.8 Å². The maximum atomic E-state index is 13.6. The molecule has 0 spiro atoms. The van der Waals surface area contributed by atoms with Gasteiger partial charge in [0.1, 0.15) is 11.3 Å². The summed E-state index contributed by atoms with van der Waals surface area (Å²) in [6.45, 7) is 0.159. The summed E-state index contributed by atoms with van der Waals surface area (Å²) in [6.07, 6.45) is 1.50. The molecular formula is C22H16F2N2O4. The predicted molar refractivity (Wildman–Crippen MR) is 104 cm³/mol. The summed E-state index contributed by atoms with van der Waals surface area (Å²) in [5.74, 6) is -1.51. The minimum absolute atomic E-state index is 0.0741. The lowest BCUT2D eigenvalue weighted by Crippen LogP contribution is -2.28. The van der Waals surface area contributed by atoms with Crippen molar-refractivity contribution in [2.45, 2.75) is 6.54 Å². The molecule has 2 aromatic carbocycles. The lowest BCUT2D eigenvalue weighted by molar-refractivity contribution is 0.0944. The van der Waals surface area contributed by atoms with Gasteiger partial charge in [-0.1, -0.05) is 12.1 Å². The zero-order valence-electron chi connectivity index (χ0n) is 15.8. The molecule has 4 aromatic rings. The number of carbonyl (C=O) groups is 1. The highest BCUT2D eigenvalue weighted by atomic mass is 19.2. The van der Waals surface area contributed by atoms with E-state index in [0.717, 1.165) is 12.1 Å². The van der Waals surface area contributed by atoms with E-state index in [2.05, 4.69) is 10.3 Å². The first-order valence-corrected chi connectivity index (χ1v) is 8.96. The Balaban J connectivity index is 1.84. The van der Waals surface area contributed by atoms with E-state index in [0.29, 0.717) is 22.5 Å². The van der Waals surface area contributed by atoms with Crippen LogP contribution in [0.15, 0.2) is 74.7 Å². The number of carbonyl (C=O) groups excluding carboxylic acids is 1. The third-order valence-corrected chi connectivity index (χ3v) is 4.34. The zero-order valence-corrected chi connectivity index (χ0v) is 15.8. The van der Waals surface area contributed by atoms with E-state index in [1.807, 2.05) is 0 Å². The first-order chi connectivity index (χ1) is 14.5. The van der Waals surface area contributed by atoms with Crippen molar-refractivity contribution < 1.29 is 27.1 Å². The quantitative estimate of drug-likeness (QED) is 0.527. The molecular weight excluding hydrogens is 394 g/mol. The molecule has 0 aliphatic rings. The predicted octanol–water partition coefficient (Wildman–Crippen LogP) is 4.48. The van der Waals surface area contributed by atoms with Gasteiger partial charge < -0.3 is 18.9 Å². The van der Waals surface area contributed by atoms with Crippen molar-refractivity contribution in [2.24, 2.45) is 4.99 Å². The van der Waals surface area contributed by atoms with Crippen molar-refractivity contribution in [1.29, 1.82) is 0 Å². The molecule has 1 N–H and O–H groups in total. The van der Waals surface area contributed by atoms with Gasteiger partial charge in [0.25, 0.3) is 5.91 Å². The van der Waals surface area contributed by atoms with Crippen molar-refractivity contribution in [2.75, 3.05) is 7.11 Å². The van der Waals surface area contributed by atoms with E-state index in [9.17, 15) is 13.6 Å². The summed E-state index contributed by atoms with van der Waals surface area (Å²) < 4.78 is 43.2. The molecule has 0 unspecified atom stereocenters. The van der Waals surface area contributed by atoms with Crippen molar-refractivity contribution in [3.63, 3.8) is 0 Å². The molecule has 0 saturated carbocycles. The summed E-state index contributed by atoms with van der Waals surface area (Å²) in [5.41, 5.74) is 0.498. The van der Waals surface area contributed by atoms with E-state index >= 15 is 0 Å². The van der Waals surface area contributed by atoms with Crippen molar-refractivity contribution in [3.8, 4) is 5.75 Å². The molecule has 0 aliphatic carbocycles. The molecule has 0 radical (unpaired) electrons. The van der Waals surface area contributed by atoms with Crippen LogP contribution in [-0.2, 0) is 6.54 Å². The fourth-order valence-electron chi connectivity index (χ4n) is 2.88. The van der Waals surface area contributed by atoms with Gasteiger partial charge in [-0.3, -0.25) is 4.79 Å². The number of benzene rings is 2. The van der Waals surface area contributed by atoms with Crippen LogP contribution in [0.5, 0.6) is 5.75 Å². The van der Waals surface area contributed by atoms with E-state index in [4.69, 9.17) is 13.6 Å². The second-order valence-corrected chi connectivity index (χ2v) is 6.32. The third kappa shape index (κ3) is 3.93. The van der Waals surface area contributed by atoms with Crippen LogP contribution in [0.1, 0.15) is 16.1 Å². The van der Waals surface area contributed by atoms with Gasteiger partial charge in [0, 0.05) is 11.5 Å². The molecule has 2 heterocycles. The Bertz CT molecular complexity index is 1280. The average Bonchev–Trinajstić information content (AvgIpc) is 3.27. The number of amides is 1. The highest BCUT2D eigenvalue weighted by Gasteiger charge is 2.15. The van der Waals surface area contributed by atoms with Gasteiger partial charge in [-0.05, 0) is 36.4 Å². The van der Waals surface area contributed by atoms with Gasteiger partial charge in [0.2, 0.25) is 5.55 Å². The minimum Gasteiger partial charge on any atom is -0.493 e. The summed E-state index contributed by atoms with van der Waals surface area (Å²) in [7, 11) is 1.49. The van der Waals surface area contributed by atoms with Crippen LogP contribution in [-0.4, -0.2) is 13.0 Å². The van der Waals surface area contributed by atoms with Gasteiger partial charge in [0.15, 0.2) is 23.0 Å². The monoisotopic (exact) mass is 410 g/mol. The zero-order chi connectivity index (χ0) is 21.1. The number of nitrogens with one attached hydrogen (secondary N) is 1. The fourth-order valence-corrected chi connectivity index (χ4v) is 2.88. The normalized spacial score (nSPS) is 11.6. The maximum Gasteiger partial charge on any atom is 0.257 e. The summed E-state index contributed by atoms with van der Waals surface area (Å²) in [4.78, 5) is 17.1. The van der Waals surface area contributed by atoms with Gasteiger partial charge in [0.05, 0.1) is 25.6 Å². The number of methoxy groups -OCH3 is 1. The number of hydrogen-bond acceptors (Lipinski definition) is 5. The van der Waals surface area contributed by atoms with Crippen molar-refractivity contribution in [1.82, 2.24) is 5.32 Å². The topological polar surface area (TPSA) is 77.0 Å². The molecule has 0 saturated heterocycles. The third-order valence-electron chi connectivity index (χ3n) is 4.34. The Hall–Kier alpha value is -3.94. The number of fused-ring (bicyclic) bond motifs is 1. The first-order valence-electron chi connectivity index (χ1n) is 8.96.